The average Bonchev–Trinajstić information content (AvgIpc) is 3.18. The van der Waals surface area contributed by atoms with E-state index in [4.69, 9.17) is 20.6 Å². The van der Waals surface area contributed by atoms with E-state index in [2.05, 4.69) is 0 Å². The molecular weight excluding hydrogens is 420 g/mol. The van der Waals surface area contributed by atoms with Crippen molar-refractivity contribution in [2.75, 3.05) is 11.5 Å². The lowest BCUT2D eigenvalue weighted by Gasteiger charge is -2.08. The van der Waals surface area contributed by atoms with Crippen molar-refractivity contribution in [2.24, 2.45) is 0 Å². The van der Waals surface area contributed by atoms with Gasteiger partial charge in [-0.2, -0.15) is 0 Å². The summed E-state index contributed by atoms with van der Waals surface area (Å²) >= 11 is 0. The maximum atomic E-state index is 13.4. The normalized spacial score (nSPS) is 10.9. The number of nitrogen functional groups attached to an aromatic ring is 2. The van der Waals surface area contributed by atoms with Crippen molar-refractivity contribution < 1.29 is 23.8 Å². The standard InChI is InChI=1S/C26H24N2O5/c1-2-3-9-21-23(24(29)16-12-19(27)25(30)20(28)13-16)18-11-10-17(14-22(18)33-21)32-26(31)15-7-5-4-6-8-15/h4-8,10-14,30H,2-3,9,27-28H2,1H3. The Balaban J connectivity index is 1.74. The van der Waals surface area contributed by atoms with Gasteiger partial charge in [-0.05, 0) is 42.8 Å². The van der Waals surface area contributed by atoms with E-state index in [1.54, 1.807) is 42.5 Å². The lowest BCUT2D eigenvalue weighted by Crippen LogP contribution is -2.08. The molecule has 0 bridgehead atoms. The van der Waals surface area contributed by atoms with Crippen molar-refractivity contribution in [1.82, 2.24) is 0 Å². The third-order valence-corrected chi connectivity index (χ3v) is 5.37. The molecule has 0 atom stereocenters. The fraction of sp³-hybridized carbons (Fsp3) is 0.154. The second kappa shape index (κ2) is 9.08. The van der Waals surface area contributed by atoms with Gasteiger partial charge in [0, 0.05) is 23.4 Å². The summed E-state index contributed by atoms with van der Waals surface area (Å²) in [7, 11) is 0. The van der Waals surface area contributed by atoms with Crippen molar-refractivity contribution in [1.29, 1.82) is 0 Å². The van der Waals surface area contributed by atoms with E-state index in [0.29, 0.717) is 40.0 Å². The molecule has 0 amide bonds. The first-order chi connectivity index (χ1) is 15.9. The van der Waals surface area contributed by atoms with Crippen LogP contribution in [0, 0.1) is 0 Å². The van der Waals surface area contributed by atoms with E-state index < -0.39 is 5.97 Å². The van der Waals surface area contributed by atoms with Crippen LogP contribution in [0.15, 0.2) is 65.1 Å². The van der Waals surface area contributed by atoms with Gasteiger partial charge in [0.05, 0.1) is 22.5 Å². The molecular formula is C26H24N2O5. The number of aromatic hydroxyl groups is 1. The largest absolute Gasteiger partial charge is 0.504 e. The number of esters is 1. The number of hydrogen-bond donors (Lipinski definition) is 3. The smallest absolute Gasteiger partial charge is 0.343 e. The number of benzene rings is 3. The van der Waals surface area contributed by atoms with Gasteiger partial charge in [-0.15, -0.1) is 0 Å². The molecule has 168 valence electrons. The summed E-state index contributed by atoms with van der Waals surface area (Å²) in [6.45, 7) is 2.05. The van der Waals surface area contributed by atoms with Gasteiger partial charge >= 0.3 is 5.97 Å². The Labute approximate surface area is 190 Å². The van der Waals surface area contributed by atoms with E-state index in [0.717, 1.165) is 12.8 Å². The molecule has 1 aromatic heterocycles. The molecule has 0 aliphatic rings. The van der Waals surface area contributed by atoms with Crippen LogP contribution in [0.3, 0.4) is 0 Å². The summed E-state index contributed by atoms with van der Waals surface area (Å²) in [5, 5.41) is 10.4. The molecule has 7 nitrogen and oxygen atoms in total. The third-order valence-electron chi connectivity index (χ3n) is 5.37. The van der Waals surface area contributed by atoms with Crippen molar-refractivity contribution in [3.63, 3.8) is 0 Å². The second-order valence-electron chi connectivity index (χ2n) is 7.75. The Morgan fingerprint density at radius 1 is 0.970 bits per heavy atom. The Bertz CT molecular complexity index is 1320. The first-order valence-corrected chi connectivity index (χ1v) is 10.6. The summed E-state index contributed by atoms with van der Waals surface area (Å²) in [6, 6.07) is 16.4. The number of hydrogen-bond acceptors (Lipinski definition) is 7. The third kappa shape index (κ3) is 4.39. The molecule has 0 radical (unpaired) electrons. The number of ketones is 1. The number of carbonyl (C=O) groups is 2. The van der Waals surface area contributed by atoms with Gasteiger partial charge < -0.3 is 25.7 Å². The highest BCUT2D eigenvalue weighted by Crippen LogP contribution is 2.35. The number of rotatable bonds is 7. The quantitative estimate of drug-likeness (QED) is 0.119. The number of nitrogens with two attached hydrogens (primary N) is 2. The highest BCUT2D eigenvalue weighted by atomic mass is 16.5. The molecule has 33 heavy (non-hydrogen) atoms. The Morgan fingerprint density at radius 3 is 2.33 bits per heavy atom. The van der Waals surface area contributed by atoms with Crippen LogP contribution in [-0.2, 0) is 6.42 Å². The number of anilines is 2. The highest BCUT2D eigenvalue weighted by Gasteiger charge is 2.24. The number of furan rings is 1. The molecule has 3 aromatic carbocycles. The predicted octanol–water partition coefficient (Wildman–Crippen LogP) is 5.10. The Morgan fingerprint density at radius 2 is 1.67 bits per heavy atom. The van der Waals surface area contributed by atoms with Gasteiger partial charge in [0.2, 0.25) is 0 Å². The van der Waals surface area contributed by atoms with Gasteiger partial charge in [0.1, 0.15) is 17.1 Å². The van der Waals surface area contributed by atoms with Crippen LogP contribution in [0.2, 0.25) is 0 Å². The van der Waals surface area contributed by atoms with E-state index in [1.807, 2.05) is 13.0 Å². The van der Waals surface area contributed by atoms with Crippen molar-refractivity contribution in [3.8, 4) is 11.5 Å². The van der Waals surface area contributed by atoms with Crippen molar-refractivity contribution >= 4 is 34.1 Å². The van der Waals surface area contributed by atoms with E-state index in [-0.39, 0.29) is 28.5 Å². The number of phenolic OH excluding ortho intramolecular Hbond substituents is 1. The van der Waals surface area contributed by atoms with Crippen LogP contribution in [-0.4, -0.2) is 16.9 Å². The summed E-state index contributed by atoms with van der Waals surface area (Å²) < 4.78 is 11.5. The first kappa shape index (κ1) is 22.0. The minimum atomic E-state index is -0.487. The molecule has 0 aliphatic carbocycles. The van der Waals surface area contributed by atoms with Crippen LogP contribution in [0.25, 0.3) is 11.0 Å². The minimum absolute atomic E-state index is 0.0244. The van der Waals surface area contributed by atoms with Gasteiger partial charge in [0.25, 0.3) is 0 Å². The van der Waals surface area contributed by atoms with Crippen molar-refractivity contribution in [2.45, 2.75) is 26.2 Å². The molecule has 5 N–H and O–H groups in total. The van der Waals surface area contributed by atoms with Gasteiger partial charge in [-0.25, -0.2) is 4.79 Å². The maximum Gasteiger partial charge on any atom is 0.343 e. The molecule has 4 aromatic rings. The summed E-state index contributed by atoms with van der Waals surface area (Å²) in [5.74, 6) is -0.205. The highest BCUT2D eigenvalue weighted by molar-refractivity contribution is 6.17. The van der Waals surface area contributed by atoms with E-state index in [9.17, 15) is 14.7 Å². The number of unbranched alkanes of at least 4 members (excludes halogenated alkanes) is 1. The van der Waals surface area contributed by atoms with Crippen LogP contribution in [0.5, 0.6) is 11.5 Å². The van der Waals surface area contributed by atoms with Crippen LogP contribution in [0.1, 0.15) is 51.8 Å². The molecule has 0 spiro atoms. The second-order valence-corrected chi connectivity index (χ2v) is 7.75. The number of ether oxygens (including phenoxy) is 1. The van der Waals surface area contributed by atoms with Crippen LogP contribution >= 0.6 is 0 Å². The molecule has 7 heteroatoms. The number of fused-ring (bicyclic) bond motifs is 1. The number of carbonyl (C=O) groups excluding carboxylic acids is 2. The Kier molecular flexibility index (Phi) is 6.04. The lowest BCUT2D eigenvalue weighted by atomic mass is 9.97. The number of aryl methyl sites for hydroxylation is 1. The Hall–Kier alpha value is -4.26. The summed E-state index contributed by atoms with van der Waals surface area (Å²) in [4.78, 5) is 25.8. The summed E-state index contributed by atoms with van der Waals surface area (Å²) in [6.07, 6.45) is 2.31. The molecule has 1 heterocycles. The predicted molar refractivity (Wildman–Crippen MR) is 127 cm³/mol. The molecule has 0 saturated carbocycles. The topological polar surface area (TPSA) is 129 Å². The first-order valence-electron chi connectivity index (χ1n) is 10.6. The molecule has 4 rings (SSSR count). The number of phenols is 1. The zero-order chi connectivity index (χ0) is 23.5. The van der Waals surface area contributed by atoms with Crippen LogP contribution in [0.4, 0.5) is 11.4 Å². The maximum absolute atomic E-state index is 13.4. The average molecular weight is 444 g/mol. The lowest BCUT2D eigenvalue weighted by molar-refractivity contribution is 0.0734. The SMILES string of the molecule is CCCCc1oc2cc(OC(=O)c3ccccc3)ccc2c1C(=O)c1cc(N)c(O)c(N)c1. The van der Waals surface area contributed by atoms with Gasteiger partial charge in [-0.3, -0.25) is 4.79 Å². The summed E-state index contributed by atoms with van der Waals surface area (Å²) in [5.41, 5.74) is 13.2. The monoisotopic (exact) mass is 444 g/mol. The molecule has 0 fully saturated rings. The molecule has 0 aliphatic heterocycles. The van der Waals surface area contributed by atoms with Gasteiger partial charge in [0.15, 0.2) is 11.5 Å². The fourth-order valence-electron chi connectivity index (χ4n) is 3.65. The fourth-order valence-corrected chi connectivity index (χ4v) is 3.65. The van der Waals surface area contributed by atoms with E-state index in [1.165, 1.54) is 12.1 Å². The van der Waals surface area contributed by atoms with Gasteiger partial charge in [-0.1, -0.05) is 31.5 Å². The van der Waals surface area contributed by atoms with E-state index >= 15 is 0 Å². The van der Waals surface area contributed by atoms with Crippen molar-refractivity contribution in [3.05, 3.63) is 83.1 Å². The zero-order valence-corrected chi connectivity index (χ0v) is 18.1. The minimum Gasteiger partial charge on any atom is -0.504 e. The molecule has 0 unspecified atom stereocenters. The molecule has 0 saturated heterocycles. The van der Waals surface area contributed by atoms with Crippen LogP contribution < -0.4 is 16.2 Å². The zero-order valence-electron chi connectivity index (χ0n) is 18.1.